The summed E-state index contributed by atoms with van der Waals surface area (Å²) in [5.74, 6) is -4.73. The Kier molecular flexibility index (Phi) is 3.77. The van der Waals surface area contributed by atoms with E-state index in [1.165, 1.54) is 12.1 Å². The zero-order valence-electron chi connectivity index (χ0n) is 12.1. The minimum Gasteiger partial charge on any atom is -0.550 e. The van der Waals surface area contributed by atoms with E-state index in [1.807, 2.05) is 6.08 Å². The van der Waals surface area contributed by atoms with Crippen molar-refractivity contribution in [3.8, 4) is 5.75 Å². The number of benzene rings is 1. The topological polar surface area (TPSA) is 119 Å². The minimum atomic E-state index is -1.26. The van der Waals surface area contributed by atoms with Crippen molar-refractivity contribution in [2.75, 3.05) is 0 Å². The van der Waals surface area contributed by atoms with Gasteiger partial charge in [-0.25, -0.2) is 0 Å². The molecular formula is C16H15N2O5-. The molecular weight excluding hydrogens is 300 g/mol. The molecule has 4 atom stereocenters. The third kappa shape index (κ3) is 2.65. The number of aliphatic carboxylic acids is 1. The molecule has 2 amide bonds. The van der Waals surface area contributed by atoms with Gasteiger partial charge in [0.05, 0.1) is 11.5 Å². The molecule has 0 spiro atoms. The zero-order valence-corrected chi connectivity index (χ0v) is 12.1. The second-order valence-corrected chi connectivity index (χ2v) is 5.78. The third-order valence-corrected chi connectivity index (χ3v) is 4.48. The van der Waals surface area contributed by atoms with Gasteiger partial charge in [-0.3, -0.25) is 20.4 Å². The molecule has 120 valence electrons. The van der Waals surface area contributed by atoms with Crippen LogP contribution in [0.3, 0.4) is 0 Å². The fourth-order valence-electron chi connectivity index (χ4n) is 3.44. The molecule has 7 nitrogen and oxygen atoms in total. The highest BCUT2D eigenvalue weighted by Gasteiger charge is 2.48. The van der Waals surface area contributed by atoms with Gasteiger partial charge < -0.3 is 15.0 Å². The maximum atomic E-state index is 12.3. The molecule has 0 heterocycles. The number of carboxylic acid groups (broad SMARTS) is 1. The van der Waals surface area contributed by atoms with Crippen LogP contribution < -0.4 is 16.0 Å². The number of carbonyl (C=O) groups excluding carboxylic acids is 3. The van der Waals surface area contributed by atoms with Crippen molar-refractivity contribution >= 4 is 17.8 Å². The summed E-state index contributed by atoms with van der Waals surface area (Å²) in [6, 6.07) is 5.89. The predicted octanol–water partition coefficient (Wildman–Crippen LogP) is -0.659. The van der Waals surface area contributed by atoms with Crippen LogP contribution in [0.2, 0.25) is 0 Å². The molecule has 3 rings (SSSR count). The predicted molar refractivity (Wildman–Crippen MR) is 76.4 cm³/mol. The summed E-state index contributed by atoms with van der Waals surface area (Å²) in [5, 5.41) is 20.9. The quantitative estimate of drug-likeness (QED) is 0.505. The smallest absolute Gasteiger partial charge is 0.273 e. The number of hydrazine groups is 1. The molecule has 0 unspecified atom stereocenters. The van der Waals surface area contributed by atoms with E-state index < -0.39 is 29.6 Å². The van der Waals surface area contributed by atoms with Gasteiger partial charge in [0.1, 0.15) is 5.75 Å². The van der Waals surface area contributed by atoms with Gasteiger partial charge in [0.2, 0.25) is 5.91 Å². The highest BCUT2D eigenvalue weighted by molar-refractivity contribution is 5.98. The number of carbonyl (C=O) groups is 3. The van der Waals surface area contributed by atoms with Crippen molar-refractivity contribution in [1.29, 1.82) is 0 Å². The molecule has 2 aliphatic rings. The van der Waals surface area contributed by atoms with E-state index in [-0.39, 0.29) is 23.1 Å². The van der Waals surface area contributed by atoms with Gasteiger partial charge in [-0.1, -0.05) is 24.3 Å². The summed E-state index contributed by atoms with van der Waals surface area (Å²) >= 11 is 0. The fraction of sp³-hybridized carbons (Fsp3) is 0.312. The first-order chi connectivity index (χ1) is 11.0. The SMILES string of the molecule is O=C(NNC(=O)[C@@H]1[C@@H](C(=O)[O-])[C@H]2C=C[C@H]1C2)c1ccccc1O. The Labute approximate surface area is 132 Å². The van der Waals surface area contributed by atoms with Crippen LogP contribution in [0.5, 0.6) is 5.75 Å². The van der Waals surface area contributed by atoms with E-state index in [1.54, 1.807) is 18.2 Å². The first-order valence-corrected chi connectivity index (χ1v) is 7.26. The van der Waals surface area contributed by atoms with Crippen molar-refractivity contribution in [3.05, 3.63) is 42.0 Å². The highest BCUT2D eigenvalue weighted by atomic mass is 16.4. The first kappa shape index (κ1) is 15.1. The number of carboxylic acids is 1. The Morgan fingerprint density at radius 3 is 2.35 bits per heavy atom. The number of hydrogen-bond donors (Lipinski definition) is 3. The van der Waals surface area contributed by atoms with Crippen LogP contribution in [-0.4, -0.2) is 22.9 Å². The second kappa shape index (κ2) is 5.75. The highest BCUT2D eigenvalue weighted by Crippen LogP contribution is 2.47. The van der Waals surface area contributed by atoms with Crippen molar-refractivity contribution in [1.82, 2.24) is 10.9 Å². The molecule has 3 N–H and O–H groups in total. The molecule has 1 aromatic rings. The number of amides is 2. The Morgan fingerprint density at radius 2 is 1.70 bits per heavy atom. The summed E-state index contributed by atoms with van der Waals surface area (Å²) in [6.45, 7) is 0. The van der Waals surface area contributed by atoms with E-state index in [2.05, 4.69) is 10.9 Å². The van der Waals surface area contributed by atoms with E-state index in [4.69, 9.17) is 0 Å². The lowest BCUT2D eigenvalue weighted by Crippen LogP contribution is -2.50. The average molecular weight is 315 g/mol. The lowest BCUT2D eigenvalue weighted by molar-refractivity contribution is -0.313. The van der Waals surface area contributed by atoms with Gasteiger partial charge >= 0.3 is 0 Å². The molecule has 2 aliphatic carbocycles. The van der Waals surface area contributed by atoms with E-state index in [0.717, 1.165) is 0 Å². The number of hydrogen-bond acceptors (Lipinski definition) is 5. The number of aromatic hydroxyl groups is 1. The van der Waals surface area contributed by atoms with Gasteiger partial charge in [-0.2, -0.15) is 0 Å². The van der Waals surface area contributed by atoms with E-state index in [9.17, 15) is 24.6 Å². The molecule has 1 aromatic carbocycles. The maximum absolute atomic E-state index is 12.3. The third-order valence-electron chi connectivity index (χ3n) is 4.48. The summed E-state index contributed by atoms with van der Waals surface area (Å²) < 4.78 is 0. The number of nitrogens with one attached hydrogen (secondary N) is 2. The van der Waals surface area contributed by atoms with Crippen LogP contribution in [0.1, 0.15) is 16.8 Å². The lowest BCUT2D eigenvalue weighted by Gasteiger charge is -2.27. The number of phenolic OH excluding ortho intramolecular Hbond substituents is 1. The van der Waals surface area contributed by atoms with Gasteiger partial charge in [0.15, 0.2) is 0 Å². The van der Waals surface area contributed by atoms with Crippen molar-refractivity contribution in [2.24, 2.45) is 23.7 Å². The second-order valence-electron chi connectivity index (χ2n) is 5.78. The van der Waals surface area contributed by atoms with Gasteiger partial charge in [-0.15, -0.1) is 0 Å². The van der Waals surface area contributed by atoms with Gasteiger partial charge in [-0.05, 0) is 30.4 Å². The minimum absolute atomic E-state index is 0.0112. The number of fused-ring (bicyclic) bond motifs is 2. The maximum Gasteiger partial charge on any atom is 0.273 e. The molecule has 2 bridgehead atoms. The molecule has 1 saturated carbocycles. The van der Waals surface area contributed by atoms with Crippen LogP contribution in [0, 0.1) is 23.7 Å². The number of allylic oxidation sites excluding steroid dienone is 2. The summed E-state index contributed by atoms with van der Waals surface area (Å²) in [7, 11) is 0. The van der Waals surface area contributed by atoms with Gasteiger partial charge in [0.25, 0.3) is 5.91 Å². The summed E-state index contributed by atoms with van der Waals surface area (Å²) in [4.78, 5) is 35.5. The normalized spacial score (nSPS) is 27.7. The zero-order chi connectivity index (χ0) is 16.6. The van der Waals surface area contributed by atoms with E-state index in [0.29, 0.717) is 6.42 Å². The standard InChI is InChI=1S/C16H16N2O5/c19-11-4-2-1-3-10(11)14(20)17-18-15(21)12-8-5-6-9(7-8)13(12)16(22)23/h1-6,8-9,12-13,19H,7H2,(H,17,20)(H,18,21)(H,22,23)/p-1/t8-,9-,12-,13-/m0/s1. The Bertz CT molecular complexity index is 699. The number of phenols is 1. The number of para-hydroxylation sites is 1. The number of rotatable bonds is 3. The van der Waals surface area contributed by atoms with Crippen LogP contribution in [0.4, 0.5) is 0 Å². The molecule has 1 fully saturated rings. The van der Waals surface area contributed by atoms with Crippen molar-refractivity contribution in [2.45, 2.75) is 6.42 Å². The molecule has 23 heavy (non-hydrogen) atoms. The lowest BCUT2D eigenvalue weighted by atomic mass is 9.82. The molecule has 7 heteroatoms. The average Bonchev–Trinajstić information content (AvgIpc) is 3.13. The van der Waals surface area contributed by atoms with Crippen LogP contribution in [0.15, 0.2) is 36.4 Å². The van der Waals surface area contributed by atoms with Crippen LogP contribution in [0.25, 0.3) is 0 Å². The Hall–Kier alpha value is -2.83. The van der Waals surface area contributed by atoms with Crippen LogP contribution >= 0.6 is 0 Å². The van der Waals surface area contributed by atoms with Crippen LogP contribution in [-0.2, 0) is 9.59 Å². The molecule has 0 radical (unpaired) electrons. The Morgan fingerprint density at radius 1 is 1.04 bits per heavy atom. The van der Waals surface area contributed by atoms with Crippen molar-refractivity contribution in [3.63, 3.8) is 0 Å². The molecule has 0 saturated heterocycles. The molecule has 0 aromatic heterocycles. The van der Waals surface area contributed by atoms with Crippen molar-refractivity contribution < 1.29 is 24.6 Å². The van der Waals surface area contributed by atoms with Gasteiger partial charge in [0, 0.05) is 11.9 Å². The summed E-state index contributed by atoms with van der Waals surface area (Å²) in [5.41, 5.74) is 4.46. The summed E-state index contributed by atoms with van der Waals surface area (Å²) in [6.07, 6.45) is 4.23. The fourth-order valence-corrected chi connectivity index (χ4v) is 3.44. The largest absolute Gasteiger partial charge is 0.550 e. The Balaban J connectivity index is 1.66. The van der Waals surface area contributed by atoms with E-state index >= 15 is 0 Å². The monoisotopic (exact) mass is 315 g/mol. The molecule has 0 aliphatic heterocycles. The first-order valence-electron chi connectivity index (χ1n) is 7.26.